The van der Waals surface area contributed by atoms with Crippen LogP contribution in [0.3, 0.4) is 0 Å². The van der Waals surface area contributed by atoms with E-state index < -0.39 is 29.7 Å². The molecule has 1 amide bonds. The minimum absolute atomic E-state index is 0.0301. The van der Waals surface area contributed by atoms with Crippen molar-refractivity contribution >= 4 is 5.91 Å². The van der Waals surface area contributed by atoms with Gasteiger partial charge in [0.05, 0.1) is 17.8 Å². The number of hydrogen-bond acceptors (Lipinski definition) is 5. The summed E-state index contributed by atoms with van der Waals surface area (Å²) in [5, 5.41) is 3.26. The lowest BCUT2D eigenvalue weighted by Gasteiger charge is -2.18. The summed E-state index contributed by atoms with van der Waals surface area (Å²) in [6.07, 6.45) is -8.24. The first-order valence-corrected chi connectivity index (χ1v) is 8.38. The number of pyridine rings is 1. The molecule has 6 nitrogen and oxygen atoms in total. The van der Waals surface area contributed by atoms with Crippen LogP contribution in [-0.2, 0) is 25.4 Å². The van der Waals surface area contributed by atoms with Crippen LogP contribution in [0.1, 0.15) is 33.1 Å². The number of carbonyl (C=O) groups is 1. The summed E-state index contributed by atoms with van der Waals surface area (Å²) >= 11 is 0. The van der Waals surface area contributed by atoms with Crippen molar-refractivity contribution in [2.24, 2.45) is 0 Å². The molecule has 0 N–H and O–H groups in total. The molecule has 30 heavy (non-hydrogen) atoms. The molecule has 0 fully saturated rings. The van der Waals surface area contributed by atoms with E-state index in [1.807, 2.05) is 0 Å². The second kappa shape index (κ2) is 6.82. The van der Waals surface area contributed by atoms with Gasteiger partial charge < -0.3 is 9.42 Å². The summed E-state index contributed by atoms with van der Waals surface area (Å²) in [6, 6.07) is 6.20. The summed E-state index contributed by atoms with van der Waals surface area (Å²) < 4.78 is 81.6. The van der Waals surface area contributed by atoms with Gasteiger partial charge in [-0.25, -0.2) is 0 Å². The average molecular weight is 428 g/mol. The molecule has 0 saturated carbocycles. The fraction of sp³-hybridized carbons (Fsp3) is 0.222. The van der Waals surface area contributed by atoms with E-state index >= 15 is 0 Å². The fourth-order valence-corrected chi connectivity index (χ4v) is 3.09. The number of nitrogens with zero attached hydrogens (tertiary/aromatic N) is 4. The van der Waals surface area contributed by atoms with Gasteiger partial charge in [0.15, 0.2) is 0 Å². The van der Waals surface area contributed by atoms with Gasteiger partial charge in [-0.05, 0) is 23.8 Å². The molecule has 0 saturated heterocycles. The Morgan fingerprint density at radius 2 is 1.83 bits per heavy atom. The molecule has 0 unspecified atom stereocenters. The van der Waals surface area contributed by atoms with E-state index in [0.717, 1.165) is 12.1 Å². The van der Waals surface area contributed by atoms with Gasteiger partial charge in [0.1, 0.15) is 0 Å². The van der Waals surface area contributed by atoms with Gasteiger partial charge >= 0.3 is 18.2 Å². The van der Waals surface area contributed by atoms with Crippen LogP contribution in [0.15, 0.2) is 41.1 Å². The molecule has 1 aliphatic heterocycles. The molecule has 12 heteroatoms. The maximum Gasteiger partial charge on any atom is 0.471 e. The minimum atomic E-state index is -4.81. The first-order chi connectivity index (χ1) is 14.0. The molecule has 3 aromatic rings. The Balaban J connectivity index is 1.60. The molecule has 1 aliphatic rings. The Hall–Kier alpha value is -3.44. The second-order valence-electron chi connectivity index (χ2n) is 6.45. The van der Waals surface area contributed by atoms with Crippen LogP contribution < -0.4 is 0 Å². The quantitative estimate of drug-likeness (QED) is 0.581. The predicted octanol–water partition coefficient (Wildman–Crippen LogP) is 4.33. The fourth-order valence-electron chi connectivity index (χ4n) is 3.09. The first-order valence-electron chi connectivity index (χ1n) is 8.38. The van der Waals surface area contributed by atoms with E-state index in [-0.39, 0.29) is 35.7 Å². The molecule has 4 rings (SSSR count). The zero-order valence-electron chi connectivity index (χ0n) is 14.8. The molecular formula is C18H10F6N4O2. The lowest BCUT2D eigenvalue weighted by Crippen LogP contribution is -2.25. The Morgan fingerprint density at radius 3 is 2.50 bits per heavy atom. The third kappa shape index (κ3) is 3.60. The van der Waals surface area contributed by atoms with Gasteiger partial charge in [-0.1, -0.05) is 17.3 Å². The average Bonchev–Trinajstić information content (AvgIpc) is 3.27. The number of fused-ring (bicyclic) bond motifs is 1. The normalized spacial score (nSPS) is 14.3. The standard InChI is InChI=1S/C18H10F6N4O2/c19-17(20,21)12-2-1-5-25-13(12)8-28-7-10-4-3-9(6-11(10)15(28)29)14-26-16(30-27-14)18(22,23)24/h1-6H,7-8H2. The predicted molar refractivity (Wildman–Crippen MR) is 87.6 cm³/mol. The molecular weight excluding hydrogens is 418 g/mol. The van der Waals surface area contributed by atoms with Crippen LogP contribution in [0.5, 0.6) is 0 Å². The largest absolute Gasteiger partial charge is 0.471 e. The van der Waals surface area contributed by atoms with Crippen molar-refractivity contribution in [1.82, 2.24) is 20.0 Å². The molecule has 1 aromatic carbocycles. The zero-order chi connectivity index (χ0) is 21.7. The lowest BCUT2D eigenvalue weighted by molar-refractivity contribution is -0.159. The molecule has 0 bridgehead atoms. The summed E-state index contributed by atoms with van der Waals surface area (Å²) in [6.45, 7) is -0.346. The lowest BCUT2D eigenvalue weighted by atomic mass is 10.1. The van der Waals surface area contributed by atoms with E-state index in [4.69, 9.17) is 0 Å². The van der Waals surface area contributed by atoms with E-state index in [1.54, 1.807) is 0 Å². The van der Waals surface area contributed by atoms with Crippen LogP contribution >= 0.6 is 0 Å². The second-order valence-corrected chi connectivity index (χ2v) is 6.45. The number of hydrogen-bond donors (Lipinski definition) is 0. The maximum atomic E-state index is 13.2. The van der Waals surface area contributed by atoms with Crippen LogP contribution in [-0.4, -0.2) is 25.9 Å². The minimum Gasteiger partial charge on any atom is -0.329 e. The van der Waals surface area contributed by atoms with E-state index in [1.165, 1.54) is 29.3 Å². The Labute approximate surface area is 164 Å². The highest BCUT2D eigenvalue weighted by atomic mass is 19.4. The zero-order valence-corrected chi connectivity index (χ0v) is 14.8. The van der Waals surface area contributed by atoms with Crippen molar-refractivity contribution in [3.8, 4) is 11.4 Å². The number of alkyl halides is 6. The Bertz CT molecular complexity index is 1120. The monoisotopic (exact) mass is 428 g/mol. The number of rotatable bonds is 3. The smallest absolute Gasteiger partial charge is 0.329 e. The summed E-state index contributed by atoms with van der Waals surface area (Å²) in [5.74, 6) is -2.47. The van der Waals surface area contributed by atoms with Gasteiger partial charge in [0, 0.05) is 23.9 Å². The van der Waals surface area contributed by atoms with Gasteiger partial charge in [-0.15, -0.1) is 0 Å². The summed E-state index contributed by atoms with van der Waals surface area (Å²) in [5.41, 5.74) is -0.500. The third-order valence-electron chi connectivity index (χ3n) is 4.45. The first kappa shape index (κ1) is 19.9. The van der Waals surface area contributed by atoms with E-state index in [9.17, 15) is 31.1 Å². The molecule has 2 aromatic heterocycles. The SMILES string of the molecule is O=C1c2cc(-c3noc(C(F)(F)F)n3)ccc2CN1Cc1ncccc1C(F)(F)F. The van der Waals surface area contributed by atoms with Crippen molar-refractivity contribution in [3.63, 3.8) is 0 Å². The van der Waals surface area contributed by atoms with Crippen molar-refractivity contribution in [2.75, 3.05) is 0 Å². The van der Waals surface area contributed by atoms with Gasteiger partial charge in [-0.2, -0.15) is 31.3 Å². The number of benzene rings is 1. The third-order valence-corrected chi connectivity index (χ3v) is 4.45. The van der Waals surface area contributed by atoms with Crippen molar-refractivity contribution in [2.45, 2.75) is 25.4 Å². The topological polar surface area (TPSA) is 72.1 Å². The van der Waals surface area contributed by atoms with Crippen LogP contribution in [0.2, 0.25) is 0 Å². The van der Waals surface area contributed by atoms with Crippen LogP contribution in [0.25, 0.3) is 11.4 Å². The van der Waals surface area contributed by atoms with Crippen LogP contribution in [0.4, 0.5) is 26.3 Å². The maximum absolute atomic E-state index is 13.2. The highest BCUT2D eigenvalue weighted by Gasteiger charge is 2.39. The molecule has 156 valence electrons. The summed E-state index contributed by atoms with van der Waals surface area (Å²) in [7, 11) is 0. The molecule has 3 heterocycles. The van der Waals surface area contributed by atoms with Gasteiger partial charge in [0.25, 0.3) is 5.91 Å². The van der Waals surface area contributed by atoms with E-state index in [2.05, 4.69) is 19.6 Å². The number of carbonyl (C=O) groups excluding carboxylic acids is 1. The number of halogens is 6. The molecule has 0 atom stereocenters. The Morgan fingerprint density at radius 1 is 1.07 bits per heavy atom. The van der Waals surface area contributed by atoms with E-state index in [0.29, 0.717) is 5.56 Å². The van der Waals surface area contributed by atoms with Crippen molar-refractivity contribution in [3.05, 3.63) is 64.8 Å². The number of aromatic nitrogens is 3. The number of amides is 1. The molecule has 0 aliphatic carbocycles. The van der Waals surface area contributed by atoms with Crippen LogP contribution in [0, 0.1) is 0 Å². The highest BCUT2D eigenvalue weighted by Crippen LogP contribution is 2.34. The summed E-state index contributed by atoms with van der Waals surface area (Å²) in [4.78, 5) is 20.9. The van der Waals surface area contributed by atoms with Gasteiger partial charge in [0.2, 0.25) is 5.82 Å². The Kier molecular flexibility index (Phi) is 4.51. The van der Waals surface area contributed by atoms with Gasteiger partial charge in [-0.3, -0.25) is 9.78 Å². The van der Waals surface area contributed by atoms with Crippen molar-refractivity contribution < 1.29 is 35.7 Å². The molecule has 0 spiro atoms. The highest BCUT2D eigenvalue weighted by molar-refractivity contribution is 5.99. The van der Waals surface area contributed by atoms with Crippen molar-refractivity contribution in [1.29, 1.82) is 0 Å². The molecule has 0 radical (unpaired) electrons.